The van der Waals surface area contributed by atoms with Crippen LogP contribution in [0.5, 0.6) is 0 Å². The Morgan fingerprint density at radius 3 is 2.11 bits per heavy atom. The van der Waals surface area contributed by atoms with Crippen molar-refractivity contribution < 1.29 is 27.9 Å². The van der Waals surface area contributed by atoms with Gasteiger partial charge in [-0.1, -0.05) is 45.0 Å². The van der Waals surface area contributed by atoms with Crippen molar-refractivity contribution in [3.8, 4) is 0 Å². The van der Waals surface area contributed by atoms with Crippen LogP contribution in [0, 0.1) is 11.8 Å². The summed E-state index contributed by atoms with van der Waals surface area (Å²) in [6, 6.07) is 6.53. The highest BCUT2D eigenvalue weighted by Crippen LogP contribution is 2.37. The second-order valence-corrected chi connectivity index (χ2v) is 8.04. The maximum absolute atomic E-state index is 13.0. The van der Waals surface area contributed by atoms with Crippen molar-refractivity contribution in [1.29, 1.82) is 0 Å². The number of alkyl halides is 3. The van der Waals surface area contributed by atoms with Crippen LogP contribution in [0.2, 0.25) is 0 Å². The third-order valence-corrected chi connectivity index (χ3v) is 4.96. The number of likely N-dealkylation sites (tertiary alicyclic amines) is 1. The van der Waals surface area contributed by atoms with Crippen molar-refractivity contribution in [2.45, 2.75) is 45.3 Å². The van der Waals surface area contributed by atoms with Crippen molar-refractivity contribution in [3.05, 3.63) is 35.4 Å². The number of amides is 2. The summed E-state index contributed by atoms with van der Waals surface area (Å²) < 4.78 is 39.1. The Labute approximate surface area is 156 Å². The first-order valence-corrected chi connectivity index (χ1v) is 8.76. The van der Waals surface area contributed by atoms with Gasteiger partial charge in [0.25, 0.3) is 0 Å². The Morgan fingerprint density at radius 1 is 1.15 bits per heavy atom. The molecular formula is C19H25F3N2O3. The molecule has 2 N–H and O–H groups in total. The zero-order valence-corrected chi connectivity index (χ0v) is 15.8. The first-order chi connectivity index (χ1) is 12.3. The first-order valence-electron chi connectivity index (χ1n) is 8.76. The number of nitrogens with zero attached hydrogens (tertiary/aromatic N) is 1. The standard InChI is InChI=1S/C19H25F3N2O3/c1-11(12-5-7-13(8-6-12)18(2,3)4)23-17(27)24-9-14(16(25)26)15(10-24)19(20,21)22/h5-8,11,14-15H,9-10H2,1-4H3,(H,23,27)(H,25,26)/t11?,14-,15-/m1/s1. The van der Waals surface area contributed by atoms with E-state index < -0.39 is 49.1 Å². The second-order valence-electron chi connectivity index (χ2n) is 8.04. The SMILES string of the molecule is CC(NC(=O)N1C[C@@H](C(F)(F)F)[C@H](C(=O)O)C1)c1ccc(C(C)(C)C)cc1. The van der Waals surface area contributed by atoms with Gasteiger partial charge in [0.1, 0.15) is 0 Å². The Balaban J connectivity index is 2.05. The molecule has 1 aliphatic heterocycles. The molecule has 0 bridgehead atoms. The molecule has 0 aromatic heterocycles. The minimum atomic E-state index is -4.66. The lowest BCUT2D eigenvalue weighted by Crippen LogP contribution is -2.40. The topological polar surface area (TPSA) is 69.6 Å². The van der Waals surface area contributed by atoms with Crippen LogP contribution in [0.4, 0.5) is 18.0 Å². The van der Waals surface area contributed by atoms with Crippen molar-refractivity contribution in [1.82, 2.24) is 10.2 Å². The van der Waals surface area contributed by atoms with E-state index in [1.54, 1.807) is 6.92 Å². The van der Waals surface area contributed by atoms with E-state index in [0.717, 1.165) is 16.0 Å². The number of rotatable bonds is 3. The minimum absolute atomic E-state index is 0.0149. The number of benzene rings is 1. The summed E-state index contributed by atoms with van der Waals surface area (Å²) in [5.41, 5.74) is 1.93. The lowest BCUT2D eigenvalue weighted by atomic mass is 9.86. The molecule has 1 heterocycles. The minimum Gasteiger partial charge on any atom is -0.481 e. The summed E-state index contributed by atoms with van der Waals surface area (Å²) in [6.07, 6.45) is -4.66. The third-order valence-electron chi connectivity index (χ3n) is 4.96. The molecule has 1 aromatic rings. The van der Waals surface area contributed by atoms with Gasteiger partial charge in [-0.3, -0.25) is 4.79 Å². The van der Waals surface area contributed by atoms with E-state index in [2.05, 4.69) is 26.1 Å². The quantitative estimate of drug-likeness (QED) is 0.826. The Hall–Kier alpha value is -2.25. The van der Waals surface area contributed by atoms with Gasteiger partial charge in [0.2, 0.25) is 0 Å². The number of carbonyl (C=O) groups is 2. The highest BCUT2D eigenvalue weighted by Gasteiger charge is 2.53. The lowest BCUT2D eigenvalue weighted by molar-refractivity contribution is -0.187. The maximum Gasteiger partial charge on any atom is 0.394 e. The molecule has 2 rings (SSSR count). The molecule has 0 radical (unpaired) electrons. The van der Waals surface area contributed by atoms with E-state index in [1.807, 2.05) is 24.3 Å². The van der Waals surface area contributed by atoms with Crippen LogP contribution >= 0.6 is 0 Å². The summed E-state index contributed by atoms with van der Waals surface area (Å²) in [4.78, 5) is 24.4. The molecule has 150 valence electrons. The van der Waals surface area contributed by atoms with Crippen LogP contribution in [0.3, 0.4) is 0 Å². The fourth-order valence-corrected chi connectivity index (χ4v) is 3.18. The monoisotopic (exact) mass is 386 g/mol. The molecular weight excluding hydrogens is 361 g/mol. The molecule has 1 fully saturated rings. The van der Waals surface area contributed by atoms with Gasteiger partial charge in [-0.2, -0.15) is 13.2 Å². The van der Waals surface area contributed by atoms with Gasteiger partial charge >= 0.3 is 18.2 Å². The molecule has 2 amide bonds. The molecule has 0 aliphatic carbocycles. The van der Waals surface area contributed by atoms with E-state index in [0.29, 0.717) is 0 Å². The summed E-state index contributed by atoms with van der Waals surface area (Å²) >= 11 is 0. The molecule has 1 unspecified atom stereocenters. The zero-order valence-electron chi connectivity index (χ0n) is 15.8. The van der Waals surface area contributed by atoms with Crippen molar-refractivity contribution in [3.63, 3.8) is 0 Å². The number of hydrogen-bond donors (Lipinski definition) is 2. The number of aliphatic carboxylic acids is 1. The van der Waals surface area contributed by atoms with E-state index >= 15 is 0 Å². The van der Waals surface area contributed by atoms with Crippen LogP contribution in [-0.4, -0.2) is 41.3 Å². The second kappa shape index (κ2) is 7.40. The molecule has 0 saturated carbocycles. The molecule has 27 heavy (non-hydrogen) atoms. The predicted octanol–water partition coefficient (Wildman–Crippen LogP) is 3.95. The van der Waals surface area contributed by atoms with Crippen LogP contribution < -0.4 is 5.32 Å². The van der Waals surface area contributed by atoms with E-state index in [9.17, 15) is 22.8 Å². The maximum atomic E-state index is 13.0. The molecule has 1 saturated heterocycles. The van der Waals surface area contributed by atoms with Gasteiger partial charge < -0.3 is 15.3 Å². The third kappa shape index (κ3) is 4.93. The van der Waals surface area contributed by atoms with E-state index in [1.165, 1.54) is 0 Å². The average molecular weight is 386 g/mol. The summed E-state index contributed by atoms with van der Waals surface area (Å²) in [6.45, 7) is 6.86. The number of hydrogen-bond acceptors (Lipinski definition) is 2. The average Bonchev–Trinajstić information content (AvgIpc) is 3.00. The number of carbonyl (C=O) groups excluding carboxylic acids is 1. The largest absolute Gasteiger partial charge is 0.481 e. The fraction of sp³-hybridized carbons (Fsp3) is 0.579. The van der Waals surface area contributed by atoms with Gasteiger partial charge in [0.15, 0.2) is 0 Å². The highest BCUT2D eigenvalue weighted by atomic mass is 19.4. The van der Waals surface area contributed by atoms with Crippen molar-refractivity contribution in [2.24, 2.45) is 11.8 Å². The van der Waals surface area contributed by atoms with Crippen LogP contribution in [0.25, 0.3) is 0 Å². The van der Waals surface area contributed by atoms with E-state index in [-0.39, 0.29) is 5.41 Å². The van der Waals surface area contributed by atoms with E-state index in [4.69, 9.17) is 5.11 Å². The molecule has 8 heteroatoms. The Bertz CT molecular complexity index is 696. The Morgan fingerprint density at radius 2 is 1.70 bits per heavy atom. The molecule has 3 atom stereocenters. The summed E-state index contributed by atoms with van der Waals surface area (Å²) in [5.74, 6) is -5.24. The van der Waals surface area contributed by atoms with Gasteiger partial charge in [-0.25, -0.2) is 4.79 Å². The summed E-state index contributed by atoms with van der Waals surface area (Å²) in [7, 11) is 0. The van der Waals surface area contributed by atoms with Crippen molar-refractivity contribution in [2.75, 3.05) is 13.1 Å². The van der Waals surface area contributed by atoms with Crippen LogP contribution in [-0.2, 0) is 10.2 Å². The highest BCUT2D eigenvalue weighted by molar-refractivity contribution is 5.78. The molecule has 5 nitrogen and oxygen atoms in total. The van der Waals surface area contributed by atoms with Gasteiger partial charge in [-0.05, 0) is 23.5 Å². The normalized spacial score (nSPS) is 21.8. The van der Waals surface area contributed by atoms with Gasteiger partial charge in [0.05, 0.1) is 17.9 Å². The molecule has 1 aromatic carbocycles. The zero-order chi connectivity index (χ0) is 20.6. The fourth-order valence-electron chi connectivity index (χ4n) is 3.18. The molecule has 1 aliphatic rings. The lowest BCUT2D eigenvalue weighted by Gasteiger charge is -2.23. The number of nitrogens with one attached hydrogen (secondary N) is 1. The molecule has 0 spiro atoms. The number of urea groups is 1. The van der Waals surface area contributed by atoms with Crippen LogP contribution in [0.1, 0.15) is 44.9 Å². The van der Waals surface area contributed by atoms with Gasteiger partial charge in [-0.15, -0.1) is 0 Å². The Kier molecular flexibility index (Phi) is 5.77. The van der Waals surface area contributed by atoms with Crippen molar-refractivity contribution >= 4 is 12.0 Å². The van der Waals surface area contributed by atoms with Crippen LogP contribution in [0.15, 0.2) is 24.3 Å². The summed E-state index contributed by atoms with van der Waals surface area (Å²) in [5, 5.41) is 11.7. The number of carboxylic acids is 1. The smallest absolute Gasteiger partial charge is 0.394 e. The van der Waals surface area contributed by atoms with Gasteiger partial charge in [0, 0.05) is 13.1 Å². The number of halogens is 3. The first kappa shape index (κ1) is 21.1. The predicted molar refractivity (Wildman–Crippen MR) is 94.3 cm³/mol. The number of carboxylic acid groups (broad SMARTS) is 1.